The minimum atomic E-state index is -4.97. The van der Waals surface area contributed by atoms with Gasteiger partial charge >= 0.3 is 26.8 Å². The van der Waals surface area contributed by atoms with Gasteiger partial charge < -0.3 is 9.84 Å². The largest absolute Gasteiger partial charge is 0.479 e. The highest BCUT2D eigenvalue weighted by Crippen LogP contribution is 2.22. The lowest BCUT2D eigenvalue weighted by molar-refractivity contribution is -0.164. The second-order valence-electron chi connectivity index (χ2n) is 3.52. The molecule has 19 heavy (non-hydrogen) atoms. The summed E-state index contributed by atoms with van der Waals surface area (Å²) in [6, 6.07) is 0. The van der Waals surface area contributed by atoms with Crippen LogP contribution in [-0.4, -0.2) is 61.9 Å². The van der Waals surface area contributed by atoms with Crippen molar-refractivity contribution in [2.24, 2.45) is 0 Å². The highest BCUT2D eigenvalue weighted by molar-refractivity contribution is 7.81. The van der Waals surface area contributed by atoms with E-state index < -0.39 is 58.1 Å². The topological polar surface area (TPSA) is 174 Å². The summed E-state index contributed by atoms with van der Waals surface area (Å²) in [6.07, 6.45) is -5.33. The van der Waals surface area contributed by atoms with E-state index in [0.717, 1.165) is 0 Å². The molecule has 1 fully saturated rings. The zero-order valence-electron chi connectivity index (χ0n) is 9.07. The highest BCUT2D eigenvalue weighted by Gasteiger charge is 2.40. The first-order chi connectivity index (χ1) is 8.48. The molecule has 1 aliphatic heterocycles. The Morgan fingerprint density at radius 1 is 1.05 bits per heavy atom. The minimum absolute atomic E-state index is 0.602. The molecule has 0 spiro atoms. The maximum Gasteiger partial charge on any atom is 0.397 e. The first-order valence-corrected chi connectivity index (χ1v) is 7.37. The summed E-state index contributed by atoms with van der Waals surface area (Å²) in [6.45, 7) is -0.670. The fraction of sp³-hybridized carbons (Fsp3) is 0.833. The van der Waals surface area contributed by atoms with Gasteiger partial charge in [0.05, 0.1) is 6.61 Å². The molecule has 11 nitrogen and oxygen atoms in total. The Bertz CT molecular complexity index is 534. The Labute approximate surface area is 108 Å². The molecule has 3 atom stereocenters. The number of ether oxygens (including phenoxy) is 1. The third-order valence-electron chi connectivity index (χ3n) is 2.09. The second kappa shape index (κ2) is 5.66. The van der Waals surface area contributed by atoms with Crippen LogP contribution in [0.4, 0.5) is 0 Å². The molecular weight excluding hydrogens is 312 g/mol. The molecule has 2 unspecified atom stereocenters. The smallest absolute Gasteiger partial charge is 0.397 e. The summed E-state index contributed by atoms with van der Waals surface area (Å²) in [7, 11) is -9.90. The molecule has 0 saturated carbocycles. The Hall–Kier alpha value is -0.830. The number of carbonyl (C=O) groups is 1. The quantitative estimate of drug-likeness (QED) is 0.489. The van der Waals surface area contributed by atoms with Crippen LogP contribution in [0, 0.1) is 0 Å². The number of carboxylic acid groups (broad SMARTS) is 1. The van der Waals surface area contributed by atoms with Gasteiger partial charge in [0.2, 0.25) is 0 Å². The van der Waals surface area contributed by atoms with E-state index in [0.29, 0.717) is 0 Å². The molecule has 0 radical (unpaired) electrons. The lowest BCUT2D eigenvalue weighted by Crippen LogP contribution is -2.48. The van der Waals surface area contributed by atoms with Crippen LogP contribution in [0.15, 0.2) is 0 Å². The van der Waals surface area contributed by atoms with Crippen molar-refractivity contribution in [1.29, 1.82) is 0 Å². The van der Waals surface area contributed by atoms with Crippen molar-refractivity contribution in [2.45, 2.75) is 24.7 Å². The van der Waals surface area contributed by atoms with Gasteiger partial charge in [-0.2, -0.15) is 16.8 Å². The van der Waals surface area contributed by atoms with Gasteiger partial charge in [0.15, 0.2) is 6.10 Å². The molecule has 112 valence electrons. The predicted octanol–water partition coefficient (Wildman–Crippen LogP) is -1.76. The van der Waals surface area contributed by atoms with E-state index in [1.807, 2.05) is 0 Å². The molecule has 1 aliphatic rings. The van der Waals surface area contributed by atoms with Crippen molar-refractivity contribution in [2.75, 3.05) is 6.61 Å². The number of carboxylic acids is 1. The predicted molar refractivity (Wildman–Crippen MR) is 54.8 cm³/mol. The fourth-order valence-corrected chi connectivity index (χ4v) is 2.43. The van der Waals surface area contributed by atoms with Gasteiger partial charge in [0, 0.05) is 6.42 Å². The lowest BCUT2D eigenvalue weighted by atomic mass is 10.0. The van der Waals surface area contributed by atoms with Crippen molar-refractivity contribution in [3.05, 3.63) is 0 Å². The van der Waals surface area contributed by atoms with E-state index in [1.54, 1.807) is 0 Å². The van der Waals surface area contributed by atoms with Crippen LogP contribution in [-0.2, 0) is 38.7 Å². The van der Waals surface area contributed by atoms with Crippen molar-refractivity contribution in [1.82, 2.24) is 0 Å². The molecule has 0 bridgehead atoms. The Balaban J connectivity index is 2.87. The van der Waals surface area contributed by atoms with Gasteiger partial charge in [-0.05, 0) is 0 Å². The highest BCUT2D eigenvalue weighted by atomic mass is 32.3. The molecule has 1 rings (SSSR count). The van der Waals surface area contributed by atoms with Gasteiger partial charge in [0.25, 0.3) is 0 Å². The molecular formula is C6H10O11S2. The van der Waals surface area contributed by atoms with Crippen LogP contribution in [0.2, 0.25) is 0 Å². The molecule has 1 saturated heterocycles. The number of aliphatic carboxylic acids is 1. The lowest BCUT2D eigenvalue weighted by Gasteiger charge is -2.31. The van der Waals surface area contributed by atoms with E-state index in [9.17, 15) is 21.6 Å². The van der Waals surface area contributed by atoms with Gasteiger partial charge in [-0.15, -0.1) is 0 Å². The summed E-state index contributed by atoms with van der Waals surface area (Å²) < 4.78 is 72.0. The van der Waals surface area contributed by atoms with Crippen molar-refractivity contribution in [3.8, 4) is 0 Å². The summed E-state index contributed by atoms with van der Waals surface area (Å²) in [5.74, 6) is -1.44. The molecule has 1 heterocycles. The normalized spacial score (nSPS) is 29.1. The average molecular weight is 322 g/mol. The maximum absolute atomic E-state index is 10.7. The van der Waals surface area contributed by atoms with Gasteiger partial charge in [-0.25, -0.2) is 13.2 Å². The molecule has 0 aliphatic carbocycles. The molecule has 3 N–H and O–H groups in total. The zero-order chi connectivity index (χ0) is 14.8. The SMILES string of the molecule is O=C(O)C1C[C@H](OS(=O)(=O)O)C(OS(=O)(=O)O)CO1. The molecule has 0 aromatic carbocycles. The summed E-state index contributed by atoms with van der Waals surface area (Å²) in [5, 5.41) is 8.67. The standard InChI is InChI=1S/C6H10O11S2/c7-6(8)4-1-3(16-18(9,10)11)5(2-15-4)17-19(12,13)14/h3-5H,1-2H2,(H,7,8)(H,9,10,11)(H,12,13,14)/t3-,4?,5?/m0/s1. The van der Waals surface area contributed by atoms with E-state index in [1.165, 1.54) is 0 Å². The Kier molecular flexibility index (Phi) is 4.83. The minimum Gasteiger partial charge on any atom is -0.479 e. The van der Waals surface area contributed by atoms with E-state index in [2.05, 4.69) is 13.1 Å². The fourth-order valence-electron chi connectivity index (χ4n) is 1.42. The first kappa shape index (κ1) is 16.2. The van der Waals surface area contributed by atoms with Crippen LogP contribution in [0.1, 0.15) is 6.42 Å². The first-order valence-electron chi connectivity index (χ1n) is 4.64. The third kappa shape index (κ3) is 5.77. The van der Waals surface area contributed by atoms with E-state index in [-0.39, 0.29) is 0 Å². The van der Waals surface area contributed by atoms with Gasteiger partial charge in [0.1, 0.15) is 12.2 Å². The number of rotatable bonds is 5. The Morgan fingerprint density at radius 3 is 1.95 bits per heavy atom. The number of hydrogen-bond donors (Lipinski definition) is 3. The number of hydrogen-bond acceptors (Lipinski definition) is 8. The third-order valence-corrected chi connectivity index (χ3v) is 3.07. The molecule has 13 heteroatoms. The van der Waals surface area contributed by atoms with Crippen molar-refractivity contribution in [3.63, 3.8) is 0 Å². The molecule has 0 aromatic rings. The monoisotopic (exact) mass is 322 g/mol. The second-order valence-corrected chi connectivity index (χ2v) is 5.62. The summed E-state index contributed by atoms with van der Waals surface area (Å²) >= 11 is 0. The van der Waals surface area contributed by atoms with Crippen molar-refractivity contribution < 1.29 is 48.9 Å². The van der Waals surface area contributed by atoms with Crippen LogP contribution < -0.4 is 0 Å². The molecule has 0 aromatic heterocycles. The van der Waals surface area contributed by atoms with Crippen LogP contribution in [0.3, 0.4) is 0 Å². The summed E-state index contributed by atoms with van der Waals surface area (Å²) in [5.41, 5.74) is 0. The van der Waals surface area contributed by atoms with Crippen LogP contribution in [0.25, 0.3) is 0 Å². The Morgan fingerprint density at radius 2 is 1.53 bits per heavy atom. The van der Waals surface area contributed by atoms with Crippen molar-refractivity contribution >= 4 is 26.8 Å². The molecule has 0 amide bonds. The average Bonchev–Trinajstić information content (AvgIpc) is 2.15. The van der Waals surface area contributed by atoms with Gasteiger partial charge in [-0.1, -0.05) is 0 Å². The maximum atomic E-state index is 10.7. The van der Waals surface area contributed by atoms with Crippen LogP contribution in [0.5, 0.6) is 0 Å². The van der Waals surface area contributed by atoms with Gasteiger partial charge in [-0.3, -0.25) is 9.11 Å². The van der Waals surface area contributed by atoms with Crippen LogP contribution >= 0.6 is 0 Å². The zero-order valence-corrected chi connectivity index (χ0v) is 10.7. The van der Waals surface area contributed by atoms with E-state index >= 15 is 0 Å². The summed E-state index contributed by atoms with van der Waals surface area (Å²) in [4.78, 5) is 10.7. The van der Waals surface area contributed by atoms with E-state index in [4.69, 9.17) is 14.2 Å².